The van der Waals surface area contributed by atoms with Crippen LogP contribution in [-0.4, -0.2) is 17.4 Å². The molecule has 0 amide bonds. The molecule has 0 saturated heterocycles. The molecule has 0 aliphatic rings. The molecule has 2 rings (SSSR count). The van der Waals surface area contributed by atoms with E-state index >= 15 is 0 Å². The van der Waals surface area contributed by atoms with Gasteiger partial charge in [0, 0.05) is 5.56 Å². The van der Waals surface area contributed by atoms with E-state index < -0.39 is 0 Å². The van der Waals surface area contributed by atoms with Crippen molar-refractivity contribution in [3.8, 4) is 5.75 Å². The summed E-state index contributed by atoms with van der Waals surface area (Å²) in [5, 5.41) is 0. The van der Waals surface area contributed by atoms with Crippen LogP contribution < -0.4 is 4.74 Å². The van der Waals surface area contributed by atoms with Crippen LogP contribution in [0, 0.1) is 6.92 Å². The molecule has 1 heterocycles. The number of thiazole rings is 1. The number of hydrogen-bond acceptors (Lipinski definition) is 4. The third kappa shape index (κ3) is 2.53. The molecule has 4 heteroatoms. The molecule has 0 unspecified atom stereocenters. The number of carbonyl (C=O) groups excluding carboxylic acids is 1. The first-order valence-electron chi connectivity index (χ1n) is 5.40. The highest BCUT2D eigenvalue weighted by molar-refractivity contribution is 7.12. The van der Waals surface area contributed by atoms with E-state index in [4.69, 9.17) is 4.74 Å². The highest BCUT2D eigenvalue weighted by atomic mass is 32.1. The van der Waals surface area contributed by atoms with E-state index in [1.165, 1.54) is 11.3 Å². The van der Waals surface area contributed by atoms with Crippen LogP contribution in [0.5, 0.6) is 5.75 Å². The van der Waals surface area contributed by atoms with Gasteiger partial charge in [0.1, 0.15) is 5.75 Å². The van der Waals surface area contributed by atoms with Crippen molar-refractivity contribution in [3.63, 3.8) is 0 Å². The fourth-order valence-corrected chi connectivity index (χ4v) is 2.31. The van der Waals surface area contributed by atoms with E-state index in [1.54, 1.807) is 17.6 Å². The number of benzene rings is 1. The number of aryl methyl sites for hydroxylation is 1. The lowest BCUT2D eigenvalue weighted by Gasteiger charge is -2.04. The average molecular weight is 247 g/mol. The molecule has 1 aromatic carbocycles. The molecular weight excluding hydrogens is 234 g/mol. The highest BCUT2D eigenvalue weighted by Gasteiger charge is 2.14. The zero-order valence-electron chi connectivity index (χ0n) is 9.77. The Morgan fingerprint density at radius 1 is 1.47 bits per heavy atom. The molecule has 2 aromatic rings. The Hall–Kier alpha value is -1.68. The summed E-state index contributed by atoms with van der Waals surface area (Å²) in [6, 6.07) is 7.24. The summed E-state index contributed by atoms with van der Waals surface area (Å²) in [5.41, 5.74) is 3.11. The molecule has 3 nitrogen and oxygen atoms in total. The molecule has 0 radical (unpaired) electrons. The summed E-state index contributed by atoms with van der Waals surface area (Å²) in [6.45, 7) is 4.36. The van der Waals surface area contributed by atoms with Gasteiger partial charge in [-0.3, -0.25) is 4.79 Å². The molecule has 1 aromatic heterocycles. The topological polar surface area (TPSA) is 39.2 Å². The van der Waals surface area contributed by atoms with Crippen molar-refractivity contribution >= 4 is 17.1 Å². The first-order valence-corrected chi connectivity index (χ1v) is 6.28. The standard InChI is InChI=1S/C13H13NO2S/c1-3-16-11-6-4-5-10(7-11)12(15)13-9(2)14-8-17-13/h4-8H,3H2,1-2H3. The van der Waals surface area contributed by atoms with Crippen molar-refractivity contribution in [3.05, 3.63) is 45.9 Å². The molecule has 0 spiro atoms. The summed E-state index contributed by atoms with van der Waals surface area (Å²) in [4.78, 5) is 17.0. The highest BCUT2D eigenvalue weighted by Crippen LogP contribution is 2.20. The molecule has 0 bridgehead atoms. The fraction of sp³-hybridized carbons (Fsp3) is 0.231. The Morgan fingerprint density at radius 2 is 2.29 bits per heavy atom. The Bertz CT molecular complexity index is 534. The zero-order valence-corrected chi connectivity index (χ0v) is 10.6. The third-order valence-electron chi connectivity index (χ3n) is 2.36. The van der Waals surface area contributed by atoms with Gasteiger partial charge in [-0.25, -0.2) is 4.98 Å². The van der Waals surface area contributed by atoms with Gasteiger partial charge in [0.05, 0.1) is 22.7 Å². The van der Waals surface area contributed by atoms with Crippen LogP contribution in [0.25, 0.3) is 0 Å². The van der Waals surface area contributed by atoms with Gasteiger partial charge in [-0.05, 0) is 26.0 Å². The van der Waals surface area contributed by atoms with E-state index in [0.29, 0.717) is 17.0 Å². The molecule has 0 fully saturated rings. The van der Waals surface area contributed by atoms with Crippen LogP contribution in [0.4, 0.5) is 0 Å². The van der Waals surface area contributed by atoms with Gasteiger partial charge < -0.3 is 4.74 Å². The molecule has 0 N–H and O–H groups in total. The van der Waals surface area contributed by atoms with Crippen molar-refractivity contribution in [2.45, 2.75) is 13.8 Å². The lowest BCUT2D eigenvalue weighted by molar-refractivity contribution is 0.104. The largest absolute Gasteiger partial charge is 0.494 e. The zero-order chi connectivity index (χ0) is 12.3. The summed E-state index contributed by atoms with van der Waals surface area (Å²) in [7, 11) is 0. The van der Waals surface area contributed by atoms with Crippen LogP contribution >= 0.6 is 11.3 Å². The molecule has 17 heavy (non-hydrogen) atoms. The number of ketones is 1. The second-order valence-electron chi connectivity index (χ2n) is 3.56. The minimum Gasteiger partial charge on any atom is -0.494 e. The van der Waals surface area contributed by atoms with Gasteiger partial charge in [0.2, 0.25) is 5.78 Å². The normalized spacial score (nSPS) is 10.2. The van der Waals surface area contributed by atoms with Crippen LogP contribution in [0.1, 0.15) is 27.9 Å². The second-order valence-corrected chi connectivity index (χ2v) is 4.41. The second kappa shape index (κ2) is 5.10. The lowest BCUT2D eigenvalue weighted by Crippen LogP contribution is -2.01. The maximum atomic E-state index is 12.2. The minimum atomic E-state index is 0.00607. The summed E-state index contributed by atoms with van der Waals surface area (Å²) in [5.74, 6) is 0.729. The van der Waals surface area contributed by atoms with Crippen molar-refractivity contribution in [1.29, 1.82) is 0 Å². The maximum Gasteiger partial charge on any atom is 0.204 e. The fourth-order valence-electron chi connectivity index (χ4n) is 1.54. The first kappa shape index (κ1) is 11.8. The number of aromatic nitrogens is 1. The van der Waals surface area contributed by atoms with E-state index in [-0.39, 0.29) is 5.78 Å². The van der Waals surface area contributed by atoms with E-state index in [1.807, 2.05) is 26.0 Å². The molecule has 0 aliphatic heterocycles. The van der Waals surface area contributed by atoms with Gasteiger partial charge in [-0.1, -0.05) is 12.1 Å². The van der Waals surface area contributed by atoms with Crippen LogP contribution in [0.3, 0.4) is 0 Å². The number of nitrogens with zero attached hydrogens (tertiary/aromatic N) is 1. The van der Waals surface area contributed by atoms with Gasteiger partial charge in [-0.2, -0.15) is 0 Å². The molecular formula is C13H13NO2S. The summed E-state index contributed by atoms with van der Waals surface area (Å²) < 4.78 is 5.38. The van der Waals surface area contributed by atoms with Crippen molar-refractivity contribution in [1.82, 2.24) is 4.98 Å². The Labute approximate surface area is 104 Å². The molecule has 0 atom stereocenters. The van der Waals surface area contributed by atoms with Gasteiger partial charge >= 0.3 is 0 Å². The van der Waals surface area contributed by atoms with Crippen molar-refractivity contribution in [2.24, 2.45) is 0 Å². The van der Waals surface area contributed by atoms with Crippen molar-refractivity contribution < 1.29 is 9.53 Å². The van der Waals surface area contributed by atoms with Crippen LogP contribution in [-0.2, 0) is 0 Å². The Morgan fingerprint density at radius 3 is 2.94 bits per heavy atom. The molecule has 0 saturated carbocycles. The van der Waals surface area contributed by atoms with Crippen molar-refractivity contribution in [2.75, 3.05) is 6.61 Å². The first-order chi connectivity index (χ1) is 8.22. The number of rotatable bonds is 4. The number of ether oxygens (including phenoxy) is 1. The van der Waals surface area contributed by atoms with E-state index in [9.17, 15) is 4.79 Å². The molecule has 88 valence electrons. The lowest BCUT2D eigenvalue weighted by atomic mass is 10.1. The van der Waals surface area contributed by atoms with Crippen LogP contribution in [0.2, 0.25) is 0 Å². The predicted octanol–water partition coefficient (Wildman–Crippen LogP) is 3.08. The Balaban J connectivity index is 2.31. The third-order valence-corrected chi connectivity index (χ3v) is 3.29. The SMILES string of the molecule is CCOc1cccc(C(=O)c2scnc2C)c1. The Kier molecular flexibility index (Phi) is 3.54. The average Bonchev–Trinajstić information content (AvgIpc) is 2.75. The maximum absolute atomic E-state index is 12.2. The van der Waals surface area contributed by atoms with Crippen LogP contribution in [0.15, 0.2) is 29.8 Å². The minimum absolute atomic E-state index is 0.00607. The van der Waals surface area contributed by atoms with E-state index in [0.717, 1.165) is 11.4 Å². The number of hydrogen-bond donors (Lipinski definition) is 0. The van der Waals surface area contributed by atoms with E-state index in [2.05, 4.69) is 4.98 Å². The summed E-state index contributed by atoms with van der Waals surface area (Å²) >= 11 is 1.37. The summed E-state index contributed by atoms with van der Waals surface area (Å²) in [6.07, 6.45) is 0. The van der Waals surface area contributed by atoms with Gasteiger partial charge in [0.15, 0.2) is 0 Å². The monoisotopic (exact) mass is 247 g/mol. The molecule has 0 aliphatic carbocycles. The van der Waals surface area contributed by atoms with Gasteiger partial charge in [0.25, 0.3) is 0 Å². The number of carbonyl (C=O) groups is 1. The van der Waals surface area contributed by atoms with Gasteiger partial charge in [-0.15, -0.1) is 11.3 Å². The predicted molar refractivity (Wildman–Crippen MR) is 67.9 cm³/mol. The quantitative estimate of drug-likeness (QED) is 0.779. The smallest absolute Gasteiger partial charge is 0.204 e.